The van der Waals surface area contributed by atoms with Crippen molar-refractivity contribution in [3.8, 4) is 0 Å². The zero-order chi connectivity index (χ0) is 15.2. The number of aromatic nitrogens is 2. The maximum absolute atomic E-state index is 12.0. The van der Waals surface area contributed by atoms with Crippen LogP contribution in [0.1, 0.15) is 32.0 Å². The van der Waals surface area contributed by atoms with E-state index in [0.717, 1.165) is 19.3 Å². The Morgan fingerprint density at radius 2 is 2.14 bits per heavy atom. The molecule has 1 aromatic heterocycles. The Hall–Kier alpha value is -2.02. The summed E-state index contributed by atoms with van der Waals surface area (Å²) in [7, 11) is 0. The number of amides is 2. The number of aliphatic hydroxyl groups excluding tert-OH is 1. The molecule has 1 aliphatic rings. The molecule has 0 saturated carbocycles. The zero-order valence-electron chi connectivity index (χ0n) is 12.1. The average Bonchev–Trinajstić information content (AvgIpc) is 2.64. The van der Waals surface area contributed by atoms with Crippen LogP contribution >= 0.6 is 0 Å². The summed E-state index contributed by atoms with van der Waals surface area (Å²) in [6, 6.07) is 0. The number of aliphatic hydroxyl groups is 1. The van der Waals surface area contributed by atoms with Gasteiger partial charge >= 0.3 is 0 Å². The molecule has 21 heavy (non-hydrogen) atoms. The number of nitrogens with zero attached hydrogens (tertiary/aromatic N) is 3. The summed E-state index contributed by atoms with van der Waals surface area (Å²) in [5.41, 5.74) is 0.500. The fraction of sp³-hybridized carbons (Fsp3) is 0.571. The van der Waals surface area contributed by atoms with Crippen LogP contribution < -0.4 is 5.32 Å². The number of nitrogens with one attached hydrogen (secondary N) is 1. The van der Waals surface area contributed by atoms with Crippen molar-refractivity contribution in [2.75, 3.05) is 18.4 Å². The van der Waals surface area contributed by atoms with Gasteiger partial charge in [-0.15, -0.1) is 0 Å². The van der Waals surface area contributed by atoms with Crippen molar-refractivity contribution in [3.05, 3.63) is 18.2 Å². The molecule has 0 aliphatic carbocycles. The second-order valence-corrected chi connectivity index (χ2v) is 5.06. The van der Waals surface area contributed by atoms with Crippen molar-refractivity contribution >= 4 is 17.5 Å². The van der Waals surface area contributed by atoms with Crippen LogP contribution in [0.5, 0.6) is 0 Å². The Balaban J connectivity index is 1.92. The Labute approximate surface area is 123 Å². The van der Waals surface area contributed by atoms with Gasteiger partial charge in [0.25, 0.3) is 5.91 Å². The molecule has 2 heterocycles. The zero-order valence-corrected chi connectivity index (χ0v) is 12.1. The number of carbonyl (C=O) groups excluding carboxylic acids is 2. The molecule has 1 aromatic rings. The minimum absolute atomic E-state index is 0.0641. The molecular formula is C14H20N4O3. The first-order chi connectivity index (χ1) is 10.1. The molecule has 1 saturated heterocycles. The van der Waals surface area contributed by atoms with Crippen molar-refractivity contribution in [1.82, 2.24) is 14.9 Å². The molecule has 2 N–H and O–H groups in total. The lowest BCUT2D eigenvalue weighted by molar-refractivity contribution is -0.141. The van der Waals surface area contributed by atoms with Crippen LogP contribution in [0.25, 0.3) is 0 Å². The molecule has 0 spiro atoms. The van der Waals surface area contributed by atoms with E-state index in [0.29, 0.717) is 24.5 Å². The quantitative estimate of drug-likeness (QED) is 0.835. The van der Waals surface area contributed by atoms with E-state index in [2.05, 4.69) is 15.3 Å². The third-order valence-electron chi connectivity index (χ3n) is 3.39. The average molecular weight is 292 g/mol. The normalized spacial score (nSPS) is 19.2. The summed E-state index contributed by atoms with van der Waals surface area (Å²) in [5.74, 6) is 0.0179. The third-order valence-corrected chi connectivity index (χ3v) is 3.39. The van der Waals surface area contributed by atoms with Gasteiger partial charge in [-0.2, -0.15) is 0 Å². The van der Waals surface area contributed by atoms with Crippen LogP contribution in [0.2, 0.25) is 0 Å². The first-order valence-corrected chi connectivity index (χ1v) is 7.17. The first kappa shape index (κ1) is 15.4. The Bertz CT molecular complexity index is 503. The van der Waals surface area contributed by atoms with Crippen molar-refractivity contribution in [2.24, 2.45) is 0 Å². The van der Waals surface area contributed by atoms with Crippen molar-refractivity contribution in [1.29, 1.82) is 0 Å². The van der Waals surface area contributed by atoms with Crippen LogP contribution in [-0.4, -0.2) is 51.0 Å². The SMILES string of the molecule is CCc1ncc(NC(=O)CN2CCCCC(O)C2=O)cn1. The molecule has 7 nitrogen and oxygen atoms in total. The molecule has 114 valence electrons. The molecular weight excluding hydrogens is 272 g/mol. The number of hydrogen-bond acceptors (Lipinski definition) is 5. The Morgan fingerprint density at radius 1 is 1.43 bits per heavy atom. The van der Waals surface area contributed by atoms with Crippen molar-refractivity contribution < 1.29 is 14.7 Å². The number of hydrogen-bond donors (Lipinski definition) is 2. The summed E-state index contributed by atoms with van der Waals surface area (Å²) >= 11 is 0. The van der Waals surface area contributed by atoms with Gasteiger partial charge in [-0.1, -0.05) is 6.92 Å². The fourth-order valence-electron chi connectivity index (χ4n) is 2.22. The van der Waals surface area contributed by atoms with Crippen molar-refractivity contribution in [3.63, 3.8) is 0 Å². The van der Waals surface area contributed by atoms with Gasteiger partial charge in [-0.25, -0.2) is 9.97 Å². The van der Waals surface area contributed by atoms with E-state index in [1.165, 1.54) is 4.90 Å². The predicted octanol–water partition coefficient (Wildman–Crippen LogP) is 0.351. The molecule has 7 heteroatoms. The van der Waals surface area contributed by atoms with Gasteiger partial charge in [0.2, 0.25) is 5.91 Å². The fourth-order valence-corrected chi connectivity index (χ4v) is 2.22. The summed E-state index contributed by atoms with van der Waals surface area (Å²) in [6.45, 7) is 2.38. The monoisotopic (exact) mass is 292 g/mol. The Kier molecular flexibility index (Phi) is 5.21. The number of carbonyl (C=O) groups is 2. The number of rotatable bonds is 4. The topological polar surface area (TPSA) is 95.4 Å². The van der Waals surface area contributed by atoms with E-state index in [4.69, 9.17) is 0 Å². The second kappa shape index (κ2) is 7.12. The highest BCUT2D eigenvalue weighted by molar-refractivity contribution is 5.94. The molecule has 0 bridgehead atoms. The summed E-state index contributed by atoms with van der Waals surface area (Å²) < 4.78 is 0. The predicted molar refractivity (Wildman–Crippen MR) is 76.5 cm³/mol. The molecule has 2 amide bonds. The van der Waals surface area contributed by atoms with Crippen LogP contribution in [0.3, 0.4) is 0 Å². The van der Waals surface area contributed by atoms with E-state index < -0.39 is 6.10 Å². The highest BCUT2D eigenvalue weighted by Crippen LogP contribution is 2.12. The number of anilines is 1. The van der Waals surface area contributed by atoms with E-state index in [9.17, 15) is 14.7 Å². The number of aryl methyl sites for hydroxylation is 1. The minimum Gasteiger partial charge on any atom is -0.383 e. The van der Waals surface area contributed by atoms with Crippen LogP contribution in [0.4, 0.5) is 5.69 Å². The molecule has 2 rings (SSSR count). The van der Waals surface area contributed by atoms with E-state index in [-0.39, 0.29) is 18.4 Å². The van der Waals surface area contributed by atoms with Gasteiger partial charge in [-0.3, -0.25) is 9.59 Å². The maximum Gasteiger partial charge on any atom is 0.251 e. The lowest BCUT2D eigenvalue weighted by Crippen LogP contribution is -2.42. The molecule has 1 aliphatic heterocycles. The molecule has 1 fully saturated rings. The molecule has 0 radical (unpaired) electrons. The van der Waals surface area contributed by atoms with Crippen molar-refractivity contribution in [2.45, 2.75) is 38.7 Å². The second-order valence-electron chi connectivity index (χ2n) is 5.06. The van der Waals surface area contributed by atoms with Gasteiger partial charge in [0, 0.05) is 13.0 Å². The van der Waals surface area contributed by atoms with E-state index in [1.807, 2.05) is 6.92 Å². The van der Waals surface area contributed by atoms with E-state index >= 15 is 0 Å². The standard InChI is InChI=1S/C14H20N4O3/c1-2-12-15-7-10(8-16-12)17-13(20)9-18-6-4-3-5-11(19)14(18)21/h7-8,11,19H,2-6,9H2,1H3,(H,17,20). The van der Waals surface area contributed by atoms with Crippen LogP contribution in [-0.2, 0) is 16.0 Å². The largest absolute Gasteiger partial charge is 0.383 e. The first-order valence-electron chi connectivity index (χ1n) is 7.17. The number of likely N-dealkylation sites (tertiary alicyclic amines) is 1. The van der Waals surface area contributed by atoms with Gasteiger partial charge < -0.3 is 15.3 Å². The van der Waals surface area contributed by atoms with Gasteiger partial charge in [0.05, 0.1) is 24.6 Å². The molecule has 0 aromatic carbocycles. The highest BCUT2D eigenvalue weighted by Gasteiger charge is 2.26. The highest BCUT2D eigenvalue weighted by atomic mass is 16.3. The lowest BCUT2D eigenvalue weighted by Gasteiger charge is -2.21. The van der Waals surface area contributed by atoms with Gasteiger partial charge in [0.1, 0.15) is 11.9 Å². The summed E-state index contributed by atoms with van der Waals surface area (Å²) in [6.07, 6.45) is 4.87. The van der Waals surface area contributed by atoms with Crippen LogP contribution in [0.15, 0.2) is 12.4 Å². The summed E-state index contributed by atoms with van der Waals surface area (Å²) in [5, 5.41) is 12.3. The van der Waals surface area contributed by atoms with Crippen LogP contribution in [0, 0.1) is 0 Å². The third kappa shape index (κ3) is 4.22. The maximum atomic E-state index is 12.0. The summed E-state index contributed by atoms with van der Waals surface area (Å²) in [4.78, 5) is 33.4. The van der Waals surface area contributed by atoms with Gasteiger partial charge in [0.15, 0.2) is 0 Å². The molecule has 1 unspecified atom stereocenters. The lowest BCUT2D eigenvalue weighted by atomic mass is 10.2. The van der Waals surface area contributed by atoms with Gasteiger partial charge in [-0.05, 0) is 19.3 Å². The van der Waals surface area contributed by atoms with E-state index in [1.54, 1.807) is 12.4 Å². The minimum atomic E-state index is -0.993. The molecule has 1 atom stereocenters. The Morgan fingerprint density at radius 3 is 2.81 bits per heavy atom. The smallest absolute Gasteiger partial charge is 0.251 e.